The molecule has 2 rings (SSSR count). The Labute approximate surface area is 97.3 Å². The summed E-state index contributed by atoms with van der Waals surface area (Å²) < 4.78 is 0. The second-order valence-corrected chi connectivity index (χ2v) is 3.80. The Morgan fingerprint density at radius 3 is 2.50 bits per heavy atom. The van der Waals surface area contributed by atoms with Gasteiger partial charge in [-0.2, -0.15) is 10.1 Å². The van der Waals surface area contributed by atoms with E-state index in [-0.39, 0.29) is 5.71 Å². The summed E-state index contributed by atoms with van der Waals surface area (Å²) in [5, 5.41) is 4.98. The maximum atomic E-state index is 11.7. The Balaban J connectivity index is 2.36. The van der Waals surface area contributed by atoms with Gasteiger partial charge in [0.15, 0.2) is 6.29 Å². The molecule has 82 valence electrons. The van der Waals surface area contributed by atoms with E-state index in [4.69, 9.17) is 5.73 Å². The van der Waals surface area contributed by atoms with Gasteiger partial charge in [-0.25, -0.2) is 0 Å². The summed E-state index contributed by atoms with van der Waals surface area (Å²) in [6.07, 6.45) is 0.496. The summed E-state index contributed by atoms with van der Waals surface area (Å²) in [4.78, 5) is 23.0. The molecule has 0 saturated heterocycles. The van der Waals surface area contributed by atoms with Crippen LogP contribution >= 0.6 is 12.6 Å². The molecule has 16 heavy (non-hydrogen) atoms. The van der Waals surface area contributed by atoms with Crippen molar-refractivity contribution in [1.29, 1.82) is 0 Å². The van der Waals surface area contributed by atoms with Crippen molar-refractivity contribution >= 4 is 36.2 Å². The van der Waals surface area contributed by atoms with Crippen LogP contribution in [0.3, 0.4) is 0 Å². The van der Waals surface area contributed by atoms with Crippen molar-refractivity contribution in [2.24, 2.45) is 10.8 Å². The quantitative estimate of drug-likeness (QED) is 0.568. The van der Waals surface area contributed by atoms with Crippen molar-refractivity contribution in [2.45, 2.75) is 10.9 Å². The van der Waals surface area contributed by atoms with Crippen LogP contribution < -0.4 is 10.7 Å². The molecule has 1 aromatic carbocycles. The molecule has 0 saturated carbocycles. The van der Waals surface area contributed by atoms with Crippen LogP contribution in [0, 0.1) is 0 Å². The molecule has 0 aromatic heterocycles. The van der Waals surface area contributed by atoms with Gasteiger partial charge in [0.05, 0.1) is 5.69 Å². The van der Waals surface area contributed by atoms with Crippen LogP contribution in [-0.2, 0) is 9.59 Å². The first-order chi connectivity index (χ1) is 7.63. The van der Waals surface area contributed by atoms with Crippen molar-refractivity contribution in [3.63, 3.8) is 0 Å². The minimum Gasteiger partial charge on any atom is -0.315 e. The number of amides is 1. The second kappa shape index (κ2) is 4.07. The molecule has 6 heteroatoms. The number of hydrogen-bond donors (Lipinski definition) is 2. The highest BCUT2D eigenvalue weighted by atomic mass is 32.1. The van der Waals surface area contributed by atoms with Gasteiger partial charge in [0.25, 0.3) is 5.91 Å². The number of aldehydes is 1. The Morgan fingerprint density at radius 1 is 1.38 bits per heavy atom. The molecule has 0 aliphatic carbocycles. The van der Waals surface area contributed by atoms with E-state index in [1.54, 1.807) is 24.3 Å². The summed E-state index contributed by atoms with van der Waals surface area (Å²) in [5.41, 5.74) is 6.13. The zero-order valence-electron chi connectivity index (χ0n) is 8.20. The van der Waals surface area contributed by atoms with Crippen LogP contribution in [0.1, 0.15) is 0 Å². The molecule has 2 N–H and O–H groups in total. The number of anilines is 1. The normalized spacial score (nSPS) is 19.9. The predicted octanol–water partition coefficient (Wildman–Crippen LogP) is 0.204. The summed E-state index contributed by atoms with van der Waals surface area (Å²) >= 11 is 4.13. The fourth-order valence-electron chi connectivity index (χ4n) is 1.36. The van der Waals surface area contributed by atoms with Crippen LogP contribution in [0.25, 0.3) is 0 Å². The minimum absolute atomic E-state index is 0.0416. The molecule has 0 fully saturated rings. The average molecular weight is 235 g/mol. The van der Waals surface area contributed by atoms with E-state index >= 15 is 0 Å². The fourth-order valence-corrected chi connectivity index (χ4v) is 1.51. The molecule has 0 spiro atoms. The van der Waals surface area contributed by atoms with Crippen LogP contribution in [-0.4, -0.2) is 23.9 Å². The minimum atomic E-state index is -0.965. The number of nitrogens with two attached hydrogens (primary N) is 1. The molecule has 1 aliphatic rings. The molecule has 1 unspecified atom stereocenters. The molecular weight excluding hydrogens is 226 g/mol. The highest BCUT2D eigenvalue weighted by Crippen LogP contribution is 2.21. The van der Waals surface area contributed by atoms with Crippen molar-refractivity contribution in [1.82, 2.24) is 0 Å². The van der Waals surface area contributed by atoms with E-state index in [1.807, 2.05) is 0 Å². The number of hydrogen-bond acceptors (Lipinski definition) is 5. The molecule has 0 radical (unpaired) electrons. The molecule has 1 amide bonds. The lowest BCUT2D eigenvalue weighted by Gasteiger charge is -2.12. The van der Waals surface area contributed by atoms with Crippen LogP contribution in [0.5, 0.6) is 0 Å². The molecule has 1 aromatic rings. The number of hydrazone groups is 1. The average Bonchev–Trinajstić information content (AvgIpc) is 2.57. The molecule has 1 atom stereocenters. The second-order valence-electron chi connectivity index (χ2n) is 3.29. The first-order valence-corrected chi connectivity index (χ1v) is 5.00. The van der Waals surface area contributed by atoms with E-state index in [0.717, 1.165) is 9.90 Å². The van der Waals surface area contributed by atoms with E-state index in [9.17, 15) is 9.59 Å². The lowest BCUT2D eigenvalue weighted by atomic mass is 10.2. The third kappa shape index (κ3) is 1.72. The summed E-state index contributed by atoms with van der Waals surface area (Å²) in [6, 6.07) is 5.86. The maximum Gasteiger partial charge on any atom is 0.270 e. The van der Waals surface area contributed by atoms with E-state index < -0.39 is 11.9 Å². The van der Waals surface area contributed by atoms with Crippen LogP contribution in [0.2, 0.25) is 0 Å². The van der Waals surface area contributed by atoms with Gasteiger partial charge in [0.2, 0.25) is 0 Å². The molecule has 1 heterocycles. The first-order valence-electron chi connectivity index (χ1n) is 4.55. The standard InChI is InChI=1S/C10H9N3O2S/c11-9-8(5-14)12-13(10(9)15)6-1-3-7(16)4-2-6/h1-5,9,16H,11H2. The van der Waals surface area contributed by atoms with E-state index in [1.165, 1.54) is 0 Å². The lowest BCUT2D eigenvalue weighted by Crippen LogP contribution is -2.39. The maximum absolute atomic E-state index is 11.7. The zero-order chi connectivity index (χ0) is 11.7. The van der Waals surface area contributed by atoms with Crippen LogP contribution in [0.15, 0.2) is 34.3 Å². The highest BCUT2D eigenvalue weighted by molar-refractivity contribution is 7.80. The van der Waals surface area contributed by atoms with Gasteiger partial charge >= 0.3 is 0 Å². The van der Waals surface area contributed by atoms with Crippen molar-refractivity contribution in [2.75, 3.05) is 5.01 Å². The summed E-state index contributed by atoms with van der Waals surface area (Å²) in [5.74, 6) is -0.408. The molecule has 0 bridgehead atoms. The smallest absolute Gasteiger partial charge is 0.270 e. The summed E-state index contributed by atoms with van der Waals surface area (Å²) in [7, 11) is 0. The topological polar surface area (TPSA) is 75.8 Å². The molecule has 5 nitrogen and oxygen atoms in total. The van der Waals surface area contributed by atoms with Crippen LogP contribution in [0.4, 0.5) is 5.69 Å². The molecular formula is C10H9N3O2S. The van der Waals surface area contributed by atoms with Gasteiger partial charge in [-0.15, -0.1) is 12.6 Å². The Bertz CT molecular complexity index is 469. The van der Waals surface area contributed by atoms with E-state index in [0.29, 0.717) is 12.0 Å². The molecule has 1 aliphatic heterocycles. The number of rotatable bonds is 2. The number of carbonyl (C=O) groups is 2. The fraction of sp³-hybridized carbons (Fsp3) is 0.100. The monoisotopic (exact) mass is 235 g/mol. The Hall–Kier alpha value is -1.66. The Kier molecular flexibility index (Phi) is 2.76. The first kappa shape index (κ1) is 10.8. The Morgan fingerprint density at radius 2 is 2.00 bits per heavy atom. The SMILES string of the molecule is NC1C(=O)N(c2ccc(S)cc2)N=C1C=O. The van der Waals surface area contributed by atoms with Gasteiger partial charge in [-0.3, -0.25) is 9.59 Å². The van der Waals surface area contributed by atoms with Crippen molar-refractivity contribution < 1.29 is 9.59 Å². The number of carbonyl (C=O) groups excluding carboxylic acids is 2. The van der Waals surface area contributed by atoms with Gasteiger partial charge < -0.3 is 5.73 Å². The largest absolute Gasteiger partial charge is 0.315 e. The third-order valence-corrected chi connectivity index (χ3v) is 2.52. The van der Waals surface area contributed by atoms with Gasteiger partial charge in [0.1, 0.15) is 11.8 Å². The number of nitrogens with zero attached hydrogens (tertiary/aromatic N) is 2. The van der Waals surface area contributed by atoms with E-state index in [2.05, 4.69) is 17.7 Å². The number of thiol groups is 1. The lowest BCUT2D eigenvalue weighted by molar-refractivity contribution is -0.118. The van der Waals surface area contributed by atoms with Gasteiger partial charge in [-0.1, -0.05) is 0 Å². The predicted molar refractivity (Wildman–Crippen MR) is 62.7 cm³/mol. The van der Waals surface area contributed by atoms with Gasteiger partial charge in [0, 0.05) is 4.90 Å². The van der Waals surface area contributed by atoms with Gasteiger partial charge in [-0.05, 0) is 24.3 Å². The highest BCUT2D eigenvalue weighted by Gasteiger charge is 2.33. The number of benzene rings is 1. The zero-order valence-corrected chi connectivity index (χ0v) is 9.09. The summed E-state index contributed by atoms with van der Waals surface area (Å²) in [6.45, 7) is 0. The van der Waals surface area contributed by atoms with Crippen molar-refractivity contribution in [3.8, 4) is 0 Å². The van der Waals surface area contributed by atoms with Crippen molar-refractivity contribution in [3.05, 3.63) is 24.3 Å². The third-order valence-electron chi connectivity index (χ3n) is 2.22.